The number of nitrogens with one attached hydrogen (secondary N) is 1. The number of nitriles is 1. The Morgan fingerprint density at radius 2 is 2.04 bits per heavy atom. The lowest BCUT2D eigenvalue weighted by Crippen LogP contribution is -2.55. The van der Waals surface area contributed by atoms with Gasteiger partial charge in [-0.25, -0.2) is 4.98 Å². The summed E-state index contributed by atoms with van der Waals surface area (Å²) >= 11 is 0. The third-order valence-corrected chi connectivity index (χ3v) is 5.45. The number of pyridine rings is 1. The maximum atomic E-state index is 12.8. The van der Waals surface area contributed by atoms with Crippen LogP contribution >= 0.6 is 0 Å². The topological polar surface area (TPSA) is 81.5 Å². The van der Waals surface area contributed by atoms with Crippen molar-refractivity contribution in [3.63, 3.8) is 0 Å². The minimum atomic E-state index is -0.238. The molecule has 1 N–H and O–H groups in total. The summed E-state index contributed by atoms with van der Waals surface area (Å²) in [5, 5.41) is 12.4. The van der Waals surface area contributed by atoms with Gasteiger partial charge in [-0.05, 0) is 38.0 Å². The molecule has 0 saturated carbocycles. The van der Waals surface area contributed by atoms with Crippen molar-refractivity contribution >= 4 is 28.8 Å². The van der Waals surface area contributed by atoms with Gasteiger partial charge in [0.25, 0.3) is 0 Å². The Morgan fingerprint density at radius 1 is 1.25 bits per heavy atom. The molecule has 2 aliphatic rings. The largest absolute Gasteiger partial charge is 0.381 e. The monoisotopic (exact) mass is 377 g/mol. The number of carbonyl (C=O) groups excluding carboxylic acids is 1. The molecule has 1 atom stereocenters. The van der Waals surface area contributed by atoms with Crippen LogP contribution in [-0.2, 0) is 9.53 Å². The zero-order valence-corrected chi connectivity index (χ0v) is 16.1. The third-order valence-electron chi connectivity index (χ3n) is 5.45. The van der Waals surface area contributed by atoms with Crippen molar-refractivity contribution in [2.24, 2.45) is 0 Å². The Bertz CT molecular complexity index is 933. The molecule has 3 heterocycles. The summed E-state index contributed by atoms with van der Waals surface area (Å²) in [6.45, 7) is 3.38. The molecule has 1 aromatic carbocycles. The number of ether oxygens (including phenoxy) is 1. The zero-order chi connectivity index (χ0) is 19.7. The molecule has 2 aromatic rings. The number of carbonyl (C=O) groups is 1. The van der Waals surface area contributed by atoms with Crippen LogP contribution in [0.15, 0.2) is 36.5 Å². The van der Waals surface area contributed by atoms with E-state index in [0.717, 1.165) is 29.9 Å². The first-order chi connectivity index (χ1) is 13.6. The fraction of sp³-hybridized carbons (Fsp3) is 0.381. The van der Waals surface area contributed by atoms with E-state index in [1.807, 2.05) is 25.1 Å². The normalized spacial score (nSPS) is 19.9. The number of likely N-dealkylation sites (N-methyl/N-ethyl adjacent to an activating group) is 1. The van der Waals surface area contributed by atoms with Crippen LogP contribution in [0.3, 0.4) is 0 Å². The van der Waals surface area contributed by atoms with Gasteiger partial charge in [0, 0.05) is 38.1 Å². The van der Waals surface area contributed by atoms with E-state index in [1.165, 1.54) is 0 Å². The fourth-order valence-corrected chi connectivity index (χ4v) is 3.99. The van der Waals surface area contributed by atoms with Gasteiger partial charge in [-0.2, -0.15) is 5.26 Å². The maximum Gasteiger partial charge on any atom is 0.249 e. The lowest BCUT2D eigenvalue weighted by molar-refractivity contribution is -0.119. The number of amides is 1. The Kier molecular flexibility index (Phi) is 4.88. The molecule has 0 bridgehead atoms. The van der Waals surface area contributed by atoms with Gasteiger partial charge in [-0.15, -0.1) is 0 Å². The van der Waals surface area contributed by atoms with Gasteiger partial charge in [0.05, 0.1) is 29.2 Å². The highest BCUT2D eigenvalue weighted by Crippen LogP contribution is 2.39. The fourth-order valence-electron chi connectivity index (χ4n) is 3.99. The first-order valence-electron chi connectivity index (χ1n) is 9.49. The van der Waals surface area contributed by atoms with Crippen molar-refractivity contribution in [1.82, 2.24) is 4.98 Å². The van der Waals surface area contributed by atoms with Crippen LogP contribution < -0.4 is 15.1 Å². The summed E-state index contributed by atoms with van der Waals surface area (Å²) in [7, 11) is 1.80. The standard InChI is InChI=1S/C21H23N5O2/c1-14-21(27)25(2)19-13-23-20(24-16-5-3-4-15(10-16)12-22)11-18(19)26(14)17-6-8-28-9-7-17/h3-5,10-11,13-14,17H,6-9H2,1-2H3,(H,23,24). The van der Waals surface area contributed by atoms with E-state index in [4.69, 9.17) is 10.00 Å². The first kappa shape index (κ1) is 18.3. The number of hydrogen-bond donors (Lipinski definition) is 1. The highest BCUT2D eigenvalue weighted by molar-refractivity contribution is 6.05. The van der Waals surface area contributed by atoms with E-state index in [1.54, 1.807) is 30.3 Å². The van der Waals surface area contributed by atoms with Gasteiger partial charge < -0.3 is 19.9 Å². The minimum Gasteiger partial charge on any atom is -0.381 e. The molecule has 144 valence electrons. The number of aromatic nitrogens is 1. The Balaban J connectivity index is 1.70. The average molecular weight is 377 g/mol. The van der Waals surface area contributed by atoms with Gasteiger partial charge in [-0.1, -0.05) is 6.07 Å². The number of benzene rings is 1. The summed E-state index contributed by atoms with van der Waals surface area (Å²) in [6.07, 6.45) is 3.54. The molecule has 2 aliphatic heterocycles. The van der Waals surface area contributed by atoms with E-state index in [0.29, 0.717) is 24.6 Å². The molecule has 1 aromatic heterocycles. The van der Waals surface area contributed by atoms with E-state index >= 15 is 0 Å². The molecule has 0 spiro atoms. The smallest absolute Gasteiger partial charge is 0.249 e. The number of hydrogen-bond acceptors (Lipinski definition) is 6. The van der Waals surface area contributed by atoms with Crippen LogP contribution in [0.1, 0.15) is 25.3 Å². The maximum absolute atomic E-state index is 12.8. The second kappa shape index (κ2) is 7.49. The van der Waals surface area contributed by atoms with Gasteiger partial charge in [0.1, 0.15) is 11.9 Å². The third kappa shape index (κ3) is 3.27. The summed E-state index contributed by atoms with van der Waals surface area (Å²) < 4.78 is 5.51. The van der Waals surface area contributed by atoms with Gasteiger partial charge >= 0.3 is 0 Å². The summed E-state index contributed by atoms with van der Waals surface area (Å²) in [5.41, 5.74) is 3.20. The van der Waals surface area contributed by atoms with Crippen molar-refractivity contribution in [2.75, 3.05) is 35.4 Å². The lowest BCUT2D eigenvalue weighted by Gasteiger charge is -2.45. The molecule has 1 fully saturated rings. The summed E-state index contributed by atoms with van der Waals surface area (Å²) in [5.74, 6) is 0.754. The van der Waals surface area contributed by atoms with E-state index in [9.17, 15) is 4.79 Å². The van der Waals surface area contributed by atoms with Gasteiger partial charge in [0.2, 0.25) is 5.91 Å². The van der Waals surface area contributed by atoms with Crippen molar-refractivity contribution in [1.29, 1.82) is 5.26 Å². The van der Waals surface area contributed by atoms with Gasteiger partial charge in [-0.3, -0.25) is 4.79 Å². The van der Waals surface area contributed by atoms with Crippen molar-refractivity contribution in [3.8, 4) is 6.07 Å². The second-order valence-electron chi connectivity index (χ2n) is 7.20. The molecule has 1 amide bonds. The molecular formula is C21H23N5O2. The van der Waals surface area contributed by atoms with E-state index in [-0.39, 0.29) is 18.0 Å². The molecule has 28 heavy (non-hydrogen) atoms. The van der Waals surface area contributed by atoms with Crippen LogP contribution in [0.25, 0.3) is 0 Å². The van der Waals surface area contributed by atoms with Crippen LogP contribution in [0.5, 0.6) is 0 Å². The predicted octanol–water partition coefficient (Wildman–Crippen LogP) is 3.05. The van der Waals surface area contributed by atoms with Crippen LogP contribution in [0, 0.1) is 11.3 Å². The Labute approximate surface area is 164 Å². The molecule has 1 unspecified atom stereocenters. The second-order valence-corrected chi connectivity index (χ2v) is 7.20. The van der Waals surface area contributed by atoms with Crippen molar-refractivity contribution < 1.29 is 9.53 Å². The summed E-state index contributed by atoms with van der Waals surface area (Å²) in [6, 6.07) is 11.4. The first-order valence-corrected chi connectivity index (χ1v) is 9.49. The Hall–Kier alpha value is -3.11. The molecule has 0 radical (unpaired) electrons. The van der Waals surface area contributed by atoms with E-state index < -0.39 is 0 Å². The lowest BCUT2D eigenvalue weighted by atomic mass is 10.00. The predicted molar refractivity (Wildman–Crippen MR) is 108 cm³/mol. The minimum absolute atomic E-state index is 0.0724. The van der Waals surface area contributed by atoms with Crippen molar-refractivity contribution in [3.05, 3.63) is 42.1 Å². The molecule has 1 saturated heterocycles. The molecular weight excluding hydrogens is 354 g/mol. The number of fused-ring (bicyclic) bond motifs is 1. The number of rotatable bonds is 3. The average Bonchev–Trinajstić information content (AvgIpc) is 2.73. The molecule has 7 heteroatoms. The molecule has 4 rings (SSSR count). The Morgan fingerprint density at radius 3 is 2.79 bits per heavy atom. The van der Waals surface area contributed by atoms with Gasteiger partial charge in [0.15, 0.2) is 0 Å². The number of anilines is 4. The highest BCUT2D eigenvalue weighted by atomic mass is 16.5. The van der Waals surface area contributed by atoms with Crippen LogP contribution in [0.4, 0.5) is 22.9 Å². The zero-order valence-electron chi connectivity index (χ0n) is 16.1. The molecule has 7 nitrogen and oxygen atoms in total. The van der Waals surface area contributed by atoms with Crippen LogP contribution in [-0.4, -0.2) is 43.2 Å². The SMILES string of the molecule is CC1C(=O)N(C)c2cnc(Nc3cccc(C#N)c3)cc2N1C1CCOCC1. The molecule has 0 aliphatic carbocycles. The quantitative estimate of drug-likeness (QED) is 0.885. The van der Waals surface area contributed by atoms with E-state index in [2.05, 4.69) is 21.3 Å². The van der Waals surface area contributed by atoms with Crippen LogP contribution in [0.2, 0.25) is 0 Å². The highest BCUT2D eigenvalue weighted by Gasteiger charge is 2.38. The summed E-state index contributed by atoms with van der Waals surface area (Å²) in [4.78, 5) is 21.2. The number of nitrogens with zero attached hydrogens (tertiary/aromatic N) is 4. The van der Waals surface area contributed by atoms with Crippen molar-refractivity contribution in [2.45, 2.75) is 31.8 Å².